The van der Waals surface area contributed by atoms with E-state index in [1.165, 1.54) is 16.0 Å². The van der Waals surface area contributed by atoms with Crippen molar-refractivity contribution in [1.82, 2.24) is 15.1 Å². The number of amides is 3. The molecule has 3 amide bonds. The van der Waals surface area contributed by atoms with E-state index in [0.717, 1.165) is 10.9 Å². The zero-order valence-corrected chi connectivity index (χ0v) is 22.7. The molecule has 1 N–H and O–H groups in total. The highest BCUT2D eigenvalue weighted by Crippen LogP contribution is 2.27. The second kappa shape index (κ2) is 11.4. The SMILES string of the molecule is COc1ccc(N(C(=O)CN2C=CN(c3ccccc3)C(=O)[C@H](Cc3[nH]nc4ccccc34)C2=O)C(C)C)cc1. The Balaban J connectivity index is 1.47. The van der Waals surface area contributed by atoms with Crippen LogP contribution in [0.5, 0.6) is 5.75 Å². The molecule has 5 rings (SSSR count). The minimum Gasteiger partial charge on any atom is -0.497 e. The van der Waals surface area contributed by atoms with Gasteiger partial charge in [-0.25, -0.2) is 0 Å². The number of carbonyl (C=O) groups excluding carboxylic acids is 3. The molecule has 0 radical (unpaired) electrons. The Bertz CT molecular complexity index is 1550. The highest BCUT2D eigenvalue weighted by atomic mass is 16.5. The third-order valence-electron chi connectivity index (χ3n) is 6.94. The van der Waals surface area contributed by atoms with E-state index in [1.807, 2.05) is 68.4 Å². The standard InChI is InChI=1S/C31H31N5O4/c1-21(2)36(23-13-15-24(40-3)16-14-23)29(37)20-34-17-18-35(22-9-5-4-6-10-22)31(39)26(30(34)38)19-28-25-11-7-8-12-27(25)32-33-28/h4-18,21,26H,19-20H2,1-3H3,(H,32,33)/t26-/m1/s1. The normalized spacial score (nSPS) is 15.6. The van der Waals surface area contributed by atoms with Crippen LogP contribution in [0.3, 0.4) is 0 Å². The summed E-state index contributed by atoms with van der Waals surface area (Å²) in [5.41, 5.74) is 2.76. The number of aromatic amines is 1. The number of ether oxygens (including phenoxy) is 1. The van der Waals surface area contributed by atoms with Crippen LogP contribution in [-0.4, -0.2) is 52.5 Å². The van der Waals surface area contributed by atoms with Crippen molar-refractivity contribution >= 4 is 40.0 Å². The summed E-state index contributed by atoms with van der Waals surface area (Å²) in [5.74, 6) is -1.49. The monoisotopic (exact) mass is 537 g/mol. The van der Waals surface area contributed by atoms with E-state index >= 15 is 0 Å². The van der Waals surface area contributed by atoms with Gasteiger partial charge in [-0.05, 0) is 56.3 Å². The molecule has 1 atom stereocenters. The van der Waals surface area contributed by atoms with Gasteiger partial charge in [0.1, 0.15) is 18.2 Å². The van der Waals surface area contributed by atoms with Crippen molar-refractivity contribution in [1.29, 1.82) is 0 Å². The average molecular weight is 538 g/mol. The fourth-order valence-electron chi connectivity index (χ4n) is 4.94. The Labute approximate surface area is 232 Å². The number of hydrogen-bond donors (Lipinski definition) is 1. The number of aromatic nitrogens is 2. The van der Waals surface area contributed by atoms with Crippen LogP contribution < -0.4 is 14.5 Å². The van der Waals surface area contributed by atoms with E-state index in [1.54, 1.807) is 42.5 Å². The number of nitrogens with one attached hydrogen (secondary N) is 1. The summed E-state index contributed by atoms with van der Waals surface area (Å²) in [5, 5.41) is 8.18. The fourth-order valence-corrected chi connectivity index (χ4v) is 4.94. The Kier molecular flexibility index (Phi) is 7.63. The predicted molar refractivity (Wildman–Crippen MR) is 154 cm³/mol. The summed E-state index contributed by atoms with van der Waals surface area (Å²) in [6.07, 6.45) is 3.18. The summed E-state index contributed by atoms with van der Waals surface area (Å²) in [7, 11) is 1.58. The van der Waals surface area contributed by atoms with Crippen molar-refractivity contribution < 1.29 is 19.1 Å². The lowest BCUT2D eigenvalue weighted by atomic mass is 9.98. The molecule has 0 fully saturated rings. The number of anilines is 2. The van der Waals surface area contributed by atoms with E-state index in [9.17, 15) is 14.4 Å². The van der Waals surface area contributed by atoms with Gasteiger partial charge in [0.05, 0.1) is 12.6 Å². The first-order valence-electron chi connectivity index (χ1n) is 13.1. The lowest BCUT2D eigenvalue weighted by Crippen LogP contribution is -2.46. The number of benzene rings is 3. The predicted octanol–water partition coefficient (Wildman–Crippen LogP) is 4.52. The summed E-state index contributed by atoms with van der Waals surface area (Å²) in [6, 6.07) is 23.7. The van der Waals surface area contributed by atoms with Gasteiger partial charge in [-0.15, -0.1) is 0 Å². The highest BCUT2D eigenvalue weighted by molar-refractivity contribution is 6.11. The van der Waals surface area contributed by atoms with Crippen LogP contribution in [0.1, 0.15) is 19.5 Å². The van der Waals surface area contributed by atoms with Crippen LogP contribution >= 0.6 is 0 Å². The van der Waals surface area contributed by atoms with E-state index in [4.69, 9.17) is 4.74 Å². The van der Waals surface area contributed by atoms with Crippen LogP contribution in [0.2, 0.25) is 0 Å². The van der Waals surface area contributed by atoms with Gasteiger partial charge < -0.3 is 14.5 Å². The Morgan fingerprint density at radius 1 is 0.950 bits per heavy atom. The number of carbonyl (C=O) groups is 3. The number of nitrogens with zero attached hydrogens (tertiary/aromatic N) is 4. The molecule has 4 aromatic rings. The van der Waals surface area contributed by atoms with E-state index in [-0.39, 0.29) is 30.8 Å². The minimum atomic E-state index is -1.07. The molecule has 1 aliphatic heterocycles. The maximum Gasteiger partial charge on any atom is 0.247 e. The zero-order chi connectivity index (χ0) is 28.2. The summed E-state index contributed by atoms with van der Waals surface area (Å²) in [6.45, 7) is 3.60. The molecule has 40 heavy (non-hydrogen) atoms. The zero-order valence-electron chi connectivity index (χ0n) is 22.7. The van der Waals surface area contributed by atoms with E-state index in [0.29, 0.717) is 22.8 Å². The van der Waals surface area contributed by atoms with E-state index < -0.39 is 11.8 Å². The molecular formula is C31H31N5O4. The molecule has 1 aromatic heterocycles. The molecule has 0 aliphatic carbocycles. The first-order valence-corrected chi connectivity index (χ1v) is 13.1. The number of para-hydroxylation sites is 2. The van der Waals surface area contributed by atoms with Gasteiger partial charge in [-0.3, -0.25) is 24.4 Å². The van der Waals surface area contributed by atoms with Gasteiger partial charge in [0.15, 0.2) is 0 Å². The molecule has 2 heterocycles. The molecule has 204 valence electrons. The molecule has 9 nitrogen and oxygen atoms in total. The van der Waals surface area contributed by atoms with E-state index in [2.05, 4.69) is 10.2 Å². The summed E-state index contributed by atoms with van der Waals surface area (Å²) < 4.78 is 5.25. The fraction of sp³-hybridized carbons (Fsp3) is 0.226. The van der Waals surface area contributed by atoms with Crippen molar-refractivity contribution in [2.75, 3.05) is 23.5 Å². The lowest BCUT2D eigenvalue weighted by molar-refractivity contribution is -0.140. The molecule has 1 aliphatic rings. The van der Waals surface area contributed by atoms with Crippen LogP contribution in [-0.2, 0) is 20.8 Å². The smallest absolute Gasteiger partial charge is 0.247 e. The molecular weight excluding hydrogens is 506 g/mol. The number of H-pyrrole nitrogens is 1. The second-order valence-corrected chi connectivity index (χ2v) is 9.84. The average Bonchev–Trinajstić information content (AvgIpc) is 3.34. The summed E-state index contributed by atoms with van der Waals surface area (Å²) >= 11 is 0. The first-order chi connectivity index (χ1) is 19.4. The lowest BCUT2D eigenvalue weighted by Gasteiger charge is -2.29. The van der Waals surface area contributed by atoms with Gasteiger partial charge in [-0.1, -0.05) is 36.4 Å². The third kappa shape index (κ3) is 5.31. The molecule has 3 aromatic carbocycles. The number of methoxy groups -OCH3 is 1. The molecule has 0 saturated heterocycles. The molecule has 0 saturated carbocycles. The number of hydrogen-bond acceptors (Lipinski definition) is 5. The largest absolute Gasteiger partial charge is 0.497 e. The summed E-state index contributed by atoms with van der Waals surface area (Å²) in [4.78, 5) is 45.9. The number of rotatable bonds is 8. The Hall–Kier alpha value is -4.92. The van der Waals surface area contributed by atoms with Crippen LogP contribution in [0.4, 0.5) is 11.4 Å². The maximum atomic E-state index is 13.9. The van der Waals surface area contributed by atoms with Crippen molar-refractivity contribution in [3.05, 3.63) is 97.0 Å². The van der Waals surface area contributed by atoms with Gasteiger partial charge in [0.2, 0.25) is 17.7 Å². The molecule has 0 spiro atoms. The Morgan fingerprint density at radius 3 is 2.35 bits per heavy atom. The third-order valence-corrected chi connectivity index (χ3v) is 6.94. The van der Waals surface area contributed by atoms with Crippen LogP contribution in [0.25, 0.3) is 10.9 Å². The molecule has 0 unspecified atom stereocenters. The van der Waals surface area contributed by atoms with Crippen LogP contribution in [0.15, 0.2) is 91.3 Å². The van der Waals surface area contributed by atoms with Crippen molar-refractivity contribution in [3.63, 3.8) is 0 Å². The molecule has 0 bridgehead atoms. The topological polar surface area (TPSA) is 98.8 Å². The van der Waals surface area contributed by atoms with Crippen LogP contribution in [0, 0.1) is 5.92 Å². The maximum absolute atomic E-state index is 13.9. The van der Waals surface area contributed by atoms with Crippen molar-refractivity contribution in [2.24, 2.45) is 5.92 Å². The molecule has 9 heteroatoms. The first kappa shape index (κ1) is 26.7. The van der Waals surface area contributed by atoms with Gasteiger partial charge in [0, 0.05) is 47.3 Å². The number of fused-ring (bicyclic) bond motifs is 1. The van der Waals surface area contributed by atoms with Gasteiger partial charge in [-0.2, -0.15) is 5.10 Å². The van der Waals surface area contributed by atoms with Gasteiger partial charge >= 0.3 is 0 Å². The quantitative estimate of drug-likeness (QED) is 0.333. The van der Waals surface area contributed by atoms with Crippen molar-refractivity contribution in [2.45, 2.75) is 26.3 Å². The minimum absolute atomic E-state index is 0.111. The highest BCUT2D eigenvalue weighted by Gasteiger charge is 2.38. The second-order valence-electron chi connectivity index (χ2n) is 9.84. The van der Waals surface area contributed by atoms with Gasteiger partial charge in [0.25, 0.3) is 0 Å². The Morgan fingerprint density at radius 2 is 1.65 bits per heavy atom. The van der Waals surface area contributed by atoms with Crippen molar-refractivity contribution in [3.8, 4) is 5.75 Å².